The molecule has 4 rings (SSSR count). The largest absolute Gasteiger partial charge is 0.469 e. The summed E-state index contributed by atoms with van der Waals surface area (Å²) in [4.78, 5) is 26.4. The van der Waals surface area contributed by atoms with Gasteiger partial charge in [-0.1, -0.05) is 0 Å². The van der Waals surface area contributed by atoms with Gasteiger partial charge in [0.2, 0.25) is 0 Å². The number of carbonyl (C=O) groups excluding carboxylic acids is 2. The summed E-state index contributed by atoms with van der Waals surface area (Å²) in [7, 11) is 1.36. The first-order valence-corrected chi connectivity index (χ1v) is 9.80. The fourth-order valence-corrected chi connectivity index (χ4v) is 3.71. The average molecular weight is 360 g/mol. The van der Waals surface area contributed by atoms with E-state index >= 15 is 0 Å². The van der Waals surface area contributed by atoms with Crippen molar-refractivity contribution in [3.63, 3.8) is 0 Å². The van der Waals surface area contributed by atoms with Gasteiger partial charge in [-0.25, -0.2) is 0 Å². The Labute approximate surface area is 154 Å². The standard InChI is InChI=1S/C19H28N4O3/c1-26-17(24)6-8-20-19(25)18-15-12-22(10-13-2-3-13)9-7-16(15)23(21-18)11-14-4-5-14/h13-14H,2-12H2,1H3,(H,20,25). The van der Waals surface area contributed by atoms with E-state index in [4.69, 9.17) is 0 Å². The van der Waals surface area contributed by atoms with Gasteiger partial charge in [-0.15, -0.1) is 0 Å². The number of fused-ring (bicyclic) bond motifs is 1. The lowest BCUT2D eigenvalue weighted by Crippen LogP contribution is -2.34. The molecule has 0 spiro atoms. The zero-order valence-corrected chi connectivity index (χ0v) is 15.5. The molecule has 1 amide bonds. The maximum Gasteiger partial charge on any atom is 0.307 e. The number of hydrogen-bond acceptors (Lipinski definition) is 5. The number of rotatable bonds is 8. The van der Waals surface area contributed by atoms with Gasteiger partial charge in [0.05, 0.1) is 13.5 Å². The van der Waals surface area contributed by atoms with E-state index in [1.807, 2.05) is 0 Å². The van der Waals surface area contributed by atoms with E-state index in [9.17, 15) is 9.59 Å². The van der Waals surface area contributed by atoms with Crippen molar-refractivity contribution in [1.29, 1.82) is 0 Å². The maximum absolute atomic E-state index is 12.7. The topological polar surface area (TPSA) is 76.5 Å². The molecule has 0 radical (unpaired) electrons. The molecule has 0 bridgehead atoms. The van der Waals surface area contributed by atoms with Crippen molar-refractivity contribution in [3.8, 4) is 0 Å². The van der Waals surface area contributed by atoms with E-state index in [0.717, 1.165) is 50.0 Å². The van der Waals surface area contributed by atoms with Crippen LogP contribution in [0.25, 0.3) is 0 Å². The molecule has 7 nitrogen and oxygen atoms in total. The van der Waals surface area contributed by atoms with Gasteiger partial charge in [-0.2, -0.15) is 5.10 Å². The Morgan fingerprint density at radius 2 is 1.92 bits per heavy atom. The molecule has 142 valence electrons. The fraction of sp³-hybridized carbons (Fsp3) is 0.737. The first kappa shape index (κ1) is 17.5. The van der Waals surface area contributed by atoms with Crippen molar-refractivity contribution in [3.05, 3.63) is 17.0 Å². The average Bonchev–Trinajstić information content (AvgIpc) is 3.55. The third-order valence-corrected chi connectivity index (χ3v) is 5.61. The molecule has 26 heavy (non-hydrogen) atoms. The molecule has 0 unspecified atom stereocenters. The Morgan fingerprint density at radius 1 is 1.19 bits per heavy atom. The molecule has 2 heterocycles. The predicted octanol–water partition coefficient (Wildman–Crippen LogP) is 1.35. The molecule has 1 aromatic heterocycles. The zero-order valence-electron chi connectivity index (χ0n) is 15.5. The quantitative estimate of drug-likeness (QED) is 0.708. The molecule has 2 fully saturated rings. The number of methoxy groups -OCH3 is 1. The van der Waals surface area contributed by atoms with Crippen molar-refractivity contribution < 1.29 is 14.3 Å². The minimum absolute atomic E-state index is 0.173. The van der Waals surface area contributed by atoms with Crippen LogP contribution in [-0.2, 0) is 29.0 Å². The molecule has 7 heteroatoms. The van der Waals surface area contributed by atoms with Crippen molar-refractivity contribution in [2.45, 2.75) is 51.6 Å². The summed E-state index contributed by atoms with van der Waals surface area (Å²) in [5.41, 5.74) is 2.88. The normalized spacial score (nSPS) is 19.9. The molecule has 2 saturated carbocycles. The minimum Gasteiger partial charge on any atom is -0.469 e. The van der Waals surface area contributed by atoms with Gasteiger partial charge in [0.25, 0.3) is 5.91 Å². The highest BCUT2D eigenvalue weighted by Crippen LogP contribution is 2.34. The number of carbonyl (C=O) groups is 2. The molecule has 3 aliphatic rings. The number of hydrogen-bond donors (Lipinski definition) is 1. The second-order valence-electron chi connectivity index (χ2n) is 7.91. The Hall–Kier alpha value is -1.89. The predicted molar refractivity (Wildman–Crippen MR) is 95.6 cm³/mol. The molecule has 1 aliphatic heterocycles. The van der Waals surface area contributed by atoms with Gasteiger partial charge in [0.1, 0.15) is 0 Å². The lowest BCUT2D eigenvalue weighted by atomic mass is 10.0. The molecule has 0 saturated heterocycles. The van der Waals surface area contributed by atoms with Crippen molar-refractivity contribution in [1.82, 2.24) is 20.0 Å². The lowest BCUT2D eigenvalue weighted by Gasteiger charge is -2.27. The third-order valence-electron chi connectivity index (χ3n) is 5.61. The first-order chi connectivity index (χ1) is 12.6. The maximum atomic E-state index is 12.7. The van der Waals surface area contributed by atoms with Gasteiger partial charge in [-0.05, 0) is 37.5 Å². The Bertz CT molecular complexity index is 691. The number of nitrogens with zero attached hydrogens (tertiary/aromatic N) is 3. The first-order valence-electron chi connectivity index (χ1n) is 9.80. The van der Waals surface area contributed by atoms with Crippen LogP contribution in [0.3, 0.4) is 0 Å². The van der Waals surface area contributed by atoms with Gasteiger partial charge >= 0.3 is 5.97 Å². The number of amides is 1. The molecule has 0 atom stereocenters. The molecule has 1 N–H and O–H groups in total. The van der Waals surface area contributed by atoms with Crippen LogP contribution in [0.2, 0.25) is 0 Å². The summed E-state index contributed by atoms with van der Waals surface area (Å²) < 4.78 is 6.70. The Kier molecular flexibility index (Phi) is 4.98. The number of aromatic nitrogens is 2. The summed E-state index contributed by atoms with van der Waals surface area (Å²) in [5.74, 6) is 1.07. The van der Waals surface area contributed by atoms with Crippen LogP contribution in [0.5, 0.6) is 0 Å². The Balaban J connectivity index is 1.47. The summed E-state index contributed by atoms with van der Waals surface area (Å²) in [6.07, 6.45) is 6.36. The van der Waals surface area contributed by atoms with E-state index in [1.165, 1.54) is 38.5 Å². The second kappa shape index (κ2) is 7.39. The summed E-state index contributed by atoms with van der Waals surface area (Å²) in [5, 5.41) is 7.51. The zero-order chi connectivity index (χ0) is 18.1. The van der Waals surface area contributed by atoms with Crippen LogP contribution >= 0.6 is 0 Å². The van der Waals surface area contributed by atoms with Crippen LogP contribution in [0.15, 0.2) is 0 Å². The third kappa shape index (κ3) is 4.09. The SMILES string of the molecule is COC(=O)CCNC(=O)c1nn(CC2CC2)c2c1CN(CC1CC1)CC2. The molecular formula is C19H28N4O3. The molecule has 0 aromatic carbocycles. The van der Waals surface area contributed by atoms with E-state index in [0.29, 0.717) is 5.69 Å². The fourth-order valence-electron chi connectivity index (χ4n) is 3.71. The van der Waals surface area contributed by atoms with E-state index < -0.39 is 0 Å². The van der Waals surface area contributed by atoms with Crippen molar-refractivity contribution >= 4 is 11.9 Å². The number of nitrogens with one attached hydrogen (secondary N) is 1. The minimum atomic E-state index is -0.317. The monoisotopic (exact) mass is 360 g/mol. The van der Waals surface area contributed by atoms with Crippen LogP contribution < -0.4 is 5.32 Å². The lowest BCUT2D eigenvalue weighted by molar-refractivity contribution is -0.140. The van der Waals surface area contributed by atoms with Crippen molar-refractivity contribution in [2.24, 2.45) is 11.8 Å². The van der Waals surface area contributed by atoms with Crippen LogP contribution in [0, 0.1) is 11.8 Å². The molecular weight excluding hydrogens is 332 g/mol. The van der Waals surface area contributed by atoms with Crippen LogP contribution in [-0.4, -0.2) is 53.3 Å². The smallest absolute Gasteiger partial charge is 0.307 e. The van der Waals surface area contributed by atoms with E-state index in [1.54, 1.807) is 0 Å². The molecule has 2 aliphatic carbocycles. The number of esters is 1. The van der Waals surface area contributed by atoms with E-state index in [2.05, 4.69) is 24.7 Å². The van der Waals surface area contributed by atoms with Gasteiger partial charge in [-0.3, -0.25) is 19.2 Å². The highest BCUT2D eigenvalue weighted by atomic mass is 16.5. The Morgan fingerprint density at radius 3 is 2.62 bits per heavy atom. The summed E-state index contributed by atoms with van der Waals surface area (Å²) in [6, 6.07) is 0. The number of ether oxygens (including phenoxy) is 1. The van der Waals surface area contributed by atoms with Crippen molar-refractivity contribution in [2.75, 3.05) is 26.7 Å². The van der Waals surface area contributed by atoms with Gasteiger partial charge < -0.3 is 10.1 Å². The highest BCUT2D eigenvalue weighted by Gasteiger charge is 2.32. The summed E-state index contributed by atoms with van der Waals surface area (Å²) in [6.45, 7) is 4.22. The van der Waals surface area contributed by atoms with Crippen LogP contribution in [0.1, 0.15) is 53.8 Å². The summed E-state index contributed by atoms with van der Waals surface area (Å²) >= 11 is 0. The highest BCUT2D eigenvalue weighted by molar-refractivity contribution is 5.94. The van der Waals surface area contributed by atoms with E-state index in [-0.39, 0.29) is 24.8 Å². The van der Waals surface area contributed by atoms with Crippen LogP contribution in [0.4, 0.5) is 0 Å². The molecule has 1 aromatic rings. The van der Waals surface area contributed by atoms with Gasteiger partial charge in [0, 0.05) is 50.4 Å². The second-order valence-corrected chi connectivity index (χ2v) is 7.91. The van der Waals surface area contributed by atoms with Gasteiger partial charge in [0.15, 0.2) is 5.69 Å².